The number of hydrogen-bond acceptors (Lipinski definition) is 0. The minimum atomic E-state index is -1.55. The fourth-order valence-corrected chi connectivity index (χ4v) is 6.94. The van der Waals surface area contributed by atoms with E-state index in [1.165, 1.54) is 22.8 Å². The second kappa shape index (κ2) is 6.35. The molecule has 0 nitrogen and oxygen atoms in total. The maximum absolute atomic E-state index is 3.57. The van der Waals surface area contributed by atoms with Gasteiger partial charge in [0.25, 0.3) is 0 Å². The van der Waals surface area contributed by atoms with E-state index < -0.39 is 8.07 Å². The molecular formula is C16H19BrSi. The van der Waals surface area contributed by atoms with Crippen LogP contribution in [0.5, 0.6) is 0 Å². The van der Waals surface area contributed by atoms with E-state index >= 15 is 0 Å². The van der Waals surface area contributed by atoms with Gasteiger partial charge in [-0.15, -0.1) is 0 Å². The van der Waals surface area contributed by atoms with Crippen molar-refractivity contribution in [2.24, 2.45) is 0 Å². The quantitative estimate of drug-likeness (QED) is 0.583. The maximum Gasteiger partial charge on any atom is 0.115 e. The first-order chi connectivity index (χ1) is 8.77. The average Bonchev–Trinajstić information content (AvgIpc) is 2.46. The molecule has 18 heavy (non-hydrogen) atoms. The molecule has 0 heterocycles. The van der Waals surface area contributed by atoms with Crippen molar-refractivity contribution in [3.05, 3.63) is 60.7 Å². The number of rotatable bonds is 5. The highest BCUT2D eigenvalue weighted by Crippen LogP contribution is 2.14. The fraction of sp³-hybridized carbons (Fsp3) is 0.250. The van der Waals surface area contributed by atoms with Crippen molar-refractivity contribution < 1.29 is 0 Å². The van der Waals surface area contributed by atoms with Crippen LogP contribution in [-0.4, -0.2) is 13.4 Å². The third-order valence-electron chi connectivity index (χ3n) is 3.63. The van der Waals surface area contributed by atoms with E-state index in [0.29, 0.717) is 0 Å². The normalized spacial score (nSPS) is 11.4. The largest absolute Gasteiger partial charge is 0.115 e. The van der Waals surface area contributed by atoms with Crippen molar-refractivity contribution in [3.8, 4) is 0 Å². The predicted octanol–water partition coefficient (Wildman–Crippen LogP) is 3.66. The number of benzene rings is 2. The Morgan fingerprint density at radius 3 is 1.67 bits per heavy atom. The molecule has 0 radical (unpaired) electrons. The number of halogens is 1. The summed E-state index contributed by atoms with van der Waals surface area (Å²) in [7, 11) is -1.55. The summed E-state index contributed by atoms with van der Waals surface area (Å²) in [6.07, 6.45) is 1.24. The van der Waals surface area contributed by atoms with E-state index in [4.69, 9.17) is 0 Å². The van der Waals surface area contributed by atoms with Gasteiger partial charge in [0, 0.05) is 5.33 Å². The Labute approximate surface area is 119 Å². The Bertz CT molecular complexity index is 427. The summed E-state index contributed by atoms with van der Waals surface area (Å²) in [6.45, 7) is 2.49. The van der Waals surface area contributed by atoms with Crippen LogP contribution < -0.4 is 10.4 Å². The fourth-order valence-electron chi connectivity index (χ4n) is 2.49. The Kier molecular flexibility index (Phi) is 4.78. The van der Waals surface area contributed by atoms with Crippen LogP contribution in [0, 0.1) is 0 Å². The monoisotopic (exact) mass is 318 g/mol. The van der Waals surface area contributed by atoms with Gasteiger partial charge in [0.1, 0.15) is 8.07 Å². The maximum atomic E-state index is 3.57. The molecule has 0 unspecified atom stereocenters. The van der Waals surface area contributed by atoms with Gasteiger partial charge in [0.2, 0.25) is 0 Å². The molecule has 0 saturated heterocycles. The lowest BCUT2D eigenvalue weighted by molar-refractivity contribution is 1.08. The SMILES string of the molecule is C[Si](CCCBr)(c1ccccc1)c1ccccc1. The van der Waals surface area contributed by atoms with Crippen molar-refractivity contribution in [3.63, 3.8) is 0 Å². The molecule has 0 saturated carbocycles. The van der Waals surface area contributed by atoms with Crippen molar-refractivity contribution in [1.82, 2.24) is 0 Å². The molecule has 0 amide bonds. The van der Waals surface area contributed by atoms with Crippen molar-refractivity contribution in [2.45, 2.75) is 19.0 Å². The summed E-state index contributed by atoms with van der Waals surface area (Å²) in [5.41, 5.74) is 0. The van der Waals surface area contributed by atoms with Crippen LogP contribution in [0.25, 0.3) is 0 Å². The molecule has 0 spiro atoms. The molecular weight excluding hydrogens is 300 g/mol. The van der Waals surface area contributed by atoms with E-state index in [1.807, 2.05) is 0 Å². The molecule has 0 aliphatic carbocycles. The molecule has 94 valence electrons. The smallest absolute Gasteiger partial charge is 0.0928 e. The van der Waals surface area contributed by atoms with E-state index in [9.17, 15) is 0 Å². The zero-order valence-electron chi connectivity index (χ0n) is 10.8. The van der Waals surface area contributed by atoms with Gasteiger partial charge in [0.05, 0.1) is 0 Å². The molecule has 2 aromatic rings. The zero-order chi connectivity index (χ0) is 12.8. The van der Waals surface area contributed by atoms with Crippen LogP contribution >= 0.6 is 15.9 Å². The van der Waals surface area contributed by atoms with Crippen LogP contribution in [-0.2, 0) is 0 Å². The summed E-state index contributed by atoms with van der Waals surface area (Å²) < 4.78 is 0. The minimum Gasteiger partial charge on any atom is -0.0928 e. The second-order valence-corrected chi connectivity index (χ2v) is 9.97. The van der Waals surface area contributed by atoms with Gasteiger partial charge in [-0.25, -0.2) is 0 Å². The lowest BCUT2D eigenvalue weighted by Crippen LogP contribution is -2.55. The third kappa shape index (κ3) is 2.93. The first-order valence-electron chi connectivity index (χ1n) is 6.44. The molecule has 2 aromatic carbocycles. The van der Waals surface area contributed by atoms with Crippen molar-refractivity contribution in [1.29, 1.82) is 0 Å². The van der Waals surface area contributed by atoms with Gasteiger partial charge in [0.15, 0.2) is 0 Å². The lowest BCUT2D eigenvalue weighted by Gasteiger charge is -2.28. The molecule has 2 rings (SSSR count). The highest BCUT2D eigenvalue weighted by molar-refractivity contribution is 9.09. The topological polar surface area (TPSA) is 0 Å². The Morgan fingerprint density at radius 1 is 0.833 bits per heavy atom. The zero-order valence-corrected chi connectivity index (χ0v) is 13.4. The van der Waals surface area contributed by atoms with Crippen LogP contribution in [0.3, 0.4) is 0 Å². The van der Waals surface area contributed by atoms with Gasteiger partial charge >= 0.3 is 0 Å². The second-order valence-electron chi connectivity index (χ2n) is 4.86. The number of hydrogen-bond donors (Lipinski definition) is 0. The predicted molar refractivity (Wildman–Crippen MR) is 87.0 cm³/mol. The molecule has 0 atom stereocenters. The van der Waals surface area contributed by atoms with Crippen LogP contribution in [0.4, 0.5) is 0 Å². The summed E-state index contributed by atoms with van der Waals surface area (Å²) in [6, 6.07) is 23.4. The Balaban J connectivity index is 2.41. The summed E-state index contributed by atoms with van der Waals surface area (Å²) in [5, 5.41) is 4.17. The van der Waals surface area contributed by atoms with E-state index in [2.05, 4.69) is 83.1 Å². The van der Waals surface area contributed by atoms with Gasteiger partial charge in [-0.2, -0.15) is 0 Å². The molecule has 2 heteroatoms. The molecule has 0 bridgehead atoms. The van der Waals surface area contributed by atoms with Gasteiger partial charge in [-0.1, -0.05) is 93.5 Å². The Hall–Kier alpha value is -0.863. The average molecular weight is 319 g/mol. The highest BCUT2D eigenvalue weighted by atomic mass is 79.9. The standard InChI is InChI=1S/C16H19BrSi/c1-18(14-8-13-17,15-9-4-2-5-10-15)16-11-6-3-7-12-16/h2-7,9-12H,8,13-14H2,1H3. The van der Waals surface area contributed by atoms with Crippen molar-refractivity contribution >= 4 is 34.4 Å². The van der Waals surface area contributed by atoms with E-state index in [-0.39, 0.29) is 0 Å². The molecule has 0 aliphatic heterocycles. The van der Waals surface area contributed by atoms with Crippen LogP contribution in [0.1, 0.15) is 6.42 Å². The van der Waals surface area contributed by atoms with Gasteiger partial charge in [-0.3, -0.25) is 0 Å². The van der Waals surface area contributed by atoms with Gasteiger partial charge in [-0.05, 0) is 12.5 Å². The highest BCUT2D eigenvalue weighted by Gasteiger charge is 2.30. The number of alkyl halides is 1. The van der Waals surface area contributed by atoms with E-state index in [1.54, 1.807) is 0 Å². The minimum absolute atomic E-state index is 1.09. The Morgan fingerprint density at radius 2 is 1.28 bits per heavy atom. The molecule has 0 N–H and O–H groups in total. The van der Waals surface area contributed by atoms with Crippen LogP contribution in [0.2, 0.25) is 12.6 Å². The molecule has 0 aromatic heterocycles. The van der Waals surface area contributed by atoms with Crippen molar-refractivity contribution in [2.75, 3.05) is 5.33 Å². The van der Waals surface area contributed by atoms with E-state index in [0.717, 1.165) is 5.33 Å². The molecule has 0 fully saturated rings. The lowest BCUT2D eigenvalue weighted by atomic mass is 10.4. The summed E-state index contributed by atoms with van der Waals surface area (Å²) in [5.74, 6) is 0. The molecule has 0 aliphatic rings. The van der Waals surface area contributed by atoms with Gasteiger partial charge < -0.3 is 0 Å². The van der Waals surface area contributed by atoms with Crippen LogP contribution in [0.15, 0.2) is 60.7 Å². The third-order valence-corrected chi connectivity index (χ3v) is 8.76. The summed E-state index contributed by atoms with van der Waals surface area (Å²) in [4.78, 5) is 0. The first-order valence-corrected chi connectivity index (χ1v) is 10.3. The summed E-state index contributed by atoms with van der Waals surface area (Å²) >= 11 is 3.57. The first kappa shape index (κ1) is 13.6.